The second-order valence-electron chi connectivity index (χ2n) is 6.56. The van der Waals surface area contributed by atoms with Crippen LogP contribution < -0.4 is 11.5 Å². The summed E-state index contributed by atoms with van der Waals surface area (Å²) in [7, 11) is 0. The van der Waals surface area contributed by atoms with Gasteiger partial charge in [0.05, 0.1) is 6.10 Å². The minimum Gasteiger partial charge on any atom is -0.391 e. The van der Waals surface area contributed by atoms with Crippen molar-refractivity contribution in [3.05, 3.63) is 35.9 Å². The summed E-state index contributed by atoms with van der Waals surface area (Å²) >= 11 is 0. The lowest BCUT2D eigenvalue weighted by atomic mass is 9.76. The van der Waals surface area contributed by atoms with Gasteiger partial charge in [-0.2, -0.15) is 0 Å². The molecule has 1 aromatic rings. The maximum atomic E-state index is 11.8. The van der Waals surface area contributed by atoms with E-state index in [2.05, 4.69) is 0 Å². The minimum absolute atomic E-state index is 0.253. The highest BCUT2D eigenvalue weighted by molar-refractivity contribution is 5.77. The second-order valence-corrected chi connectivity index (χ2v) is 6.56. The molecule has 1 aliphatic carbocycles. The lowest BCUT2D eigenvalue weighted by molar-refractivity contribution is -0.125. The van der Waals surface area contributed by atoms with Crippen molar-refractivity contribution >= 4 is 5.91 Å². The molecule has 0 bridgehead atoms. The van der Waals surface area contributed by atoms with E-state index in [-0.39, 0.29) is 17.9 Å². The first kappa shape index (κ1) is 17.0. The van der Waals surface area contributed by atoms with Gasteiger partial charge in [-0.25, -0.2) is 0 Å². The SMILES string of the molecule is NC(=O)[C@@H](C[C@H](O)[C@@H](N)Cc1ccccc1)C1CCCCC1. The van der Waals surface area contributed by atoms with Crippen molar-refractivity contribution < 1.29 is 9.90 Å². The summed E-state index contributed by atoms with van der Waals surface area (Å²) in [5.74, 6) is -0.236. The number of hydrogen-bond donors (Lipinski definition) is 3. The fourth-order valence-electron chi connectivity index (χ4n) is 3.53. The molecule has 3 atom stereocenters. The quantitative estimate of drug-likeness (QED) is 0.719. The normalized spacial score (nSPS) is 20.3. The summed E-state index contributed by atoms with van der Waals surface area (Å²) in [6, 6.07) is 9.51. The van der Waals surface area contributed by atoms with E-state index in [0.717, 1.165) is 31.2 Å². The highest BCUT2D eigenvalue weighted by Gasteiger charge is 2.31. The number of aliphatic hydroxyl groups excluding tert-OH is 1. The average Bonchev–Trinajstić information content (AvgIpc) is 2.53. The fourth-order valence-corrected chi connectivity index (χ4v) is 3.53. The topological polar surface area (TPSA) is 89.3 Å². The van der Waals surface area contributed by atoms with Crippen molar-refractivity contribution in [2.75, 3.05) is 0 Å². The van der Waals surface area contributed by atoms with Crippen LogP contribution in [0, 0.1) is 11.8 Å². The minimum atomic E-state index is -0.695. The third-order valence-electron chi connectivity index (χ3n) is 4.89. The van der Waals surface area contributed by atoms with Gasteiger partial charge in [-0.3, -0.25) is 4.79 Å². The van der Waals surface area contributed by atoms with Gasteiger partial charge in [-0.15, -0.1) is 0 Å². The molecule has 1 aliphatic rings. The molecule has 0 aromatic heterocycles. The summed E-state index contributed by atoms with van der Waals surface area (Å²) in [5, 5.41) is 10.4. The zero-order valence-electron chi connectivity index (χ0n) is 13.2. The van der Waals surface area contributed by atoms with E-state index in [1.807, 2.05) is 30.3 Å². The van der Waals surface area contributed by atoms with E-state index in [9.17, 15) is 9.90 Å². The summed E-state index contributed by atoms with van der Waals surface area (Å²) in [5.41, 5.74) is 12.8. The number of hydrogen-bond acceptors (Lipinski definition) is 3. The molecule has 0 aliphatic heterocycles. The lowest BCUT2D eigenvalue weighted by Crippen LogP contribution is -2.42. The second kappa shape index (κ2) is 8.30. The number of aliphatic hydroxyl groups is 1. The van der Waals surface area contributed by atoms with Crippen molar-refractivity contribution in [3.63, 3.8) is 0 Å². The van der Waals surface area contributed by atoms with Gasteiger partial charge in [0.2, 0.25) is 5.91 Å². The van der Waals surface area contributed by atoms with Gasteiger partial charge in [-0.1, -0.05) is 49.6 Å². The lowest BCUT2D eigenvalue weighted by Gasteiger charge is -2.31. The monoisotopic (exact) mass is 304 g/mol. The Morgan fingerprint density at radius 2 is 1.82 bits per heavy atom. The zero-order valence-corrected chi connectivity index (χ0v) is 13.2. The van der Waals surface area contributed by atoms with E-state index < -0.39 is 6.10 Å². The van der Waals surface area contributed by atoms with Crippen molar-refractivity contribution in [2.24, 2.45) is 23.3 Å². The van der Waals surface area contributed by atoms with Crippen molar-refractivity contribution in [3.8, 4) is 0 Å². The number of rotatable bonds is 7. The molecule has 4 nitrogen and oxygen atoms in total. The Balaban J connectivity index is 1.92. The maximum Gasteiger partial charge on any atom is 0.220 e. The standard InChI is InChI=1S/C18H28N2O2/c19-16(11-13-7-3-1-4-8-13)17(21)12-15(18(20)22)14-9-5-2-6-10-14/h1,3-4,7-8,14-17,21H,2,5-6,9-12,19H2,(H2,20,22)/t15-,16-,17-/m0/s1. The zero-order chi connectivity index (χ0) is 15.9. The average molecular weight is 304 g/mol. The highest BCUT2D eigenvalue weighted by Crippen LogP contribution is 2.32. The Bertz CT molecular complexity index is 457. The molecule has 0 saturated heterocycles. The number of benzene rings is 1. The first-order chi connectivity index (χ1) is 10.6. The van der Waals surface area contributed by atoms with E-state index in [4.69, 9.17) is 11.5 Å². The molecule has 0 spiro atoms. The van der Waals surface area contributed by atoms with Crippen molar-refractivity contribution in [1.29, 1.82) is 0 Å². The van der Waals surface area contributed by atoms with Gasteiger partial charge in [-0.05, 0) is 37.2 Å². The molecule has 0 heterocycles. The van der Waals surface area contributed by atoms with Crippen LogP contribution in [0.1, 0.15) is 44.1 Å². The van der Waals surface area contributed by atoms with Crippen LogP contribution in [0.15, 0.2) is 30.3 Å². The van der Waals surface area contributed by atoms with Crippen LogP contribution in [0.2, 0.25) is 0 Å². The molecule has 0 radical (unpaired) electrons. The Hall–Kier alpha value is -1.39. The summed E-state index contributed by atoms with van der Waals surface area (Å²) < 4.78 is 0. The molecule has 0 unspecified atom stereocenters. The Morgan fingerprint density at radius 1 is 1.18 bits per heavy atom. The van der Waals surface area contributed by atoms with Crippen LogP contribution in [0.3, 0.4) is 0 Å². The van der Waals surface area contributed by atoms with E-state index in [1.54, 1.807) is 0 Å². The molecule has 4 heteroatoms. The first-order valence-electron chi connectivity index (χ1n) is 8.35. The van der Waals surface area contributed by atoms with Crippen LogP contribution in [0.25, 0.3) is 0 Å². The molecule has 22 heavy (non-hydrogen) atoms. The Kier molecular flexibility index (Phi) is 6.40. The number of nitrogens with two attached hydrogens (primary N) is 2. The molecular weight excluding hydrogens is 276 g/mol. The van der Waals surface area contributed by atoms with Crippen LogP contribution >= 0.6 is 0 Å². The molecule has 1 saturated carbocycles. The van der Waals surface area contributed by atoms with Crippen LogP contribution in [0.5, 0.6) is 0 Å². The third-order valence-corrected chi connectivity index (χ3v) is 4.89. The molecule has 122 valence electrons. The molecule has 2 rings (SSSR count). The van der Waals surface area contributed by atoms with Crippen LogP contribution in [-0.2, 0) is 11.2 Å². The molecule has 1 fully saturated rings. The Labute approximate surface area is 132 Å². The largest absolute Gasteiger partial charge is 0.391 e. The molecular formula is C18H28N2O2. The summed E-state index contributed by atoms with van der Waals surface area (Å²) in [6.45, 7) is 0. The van der Waals surface area contributed by atoms with Gasteiger partial charge in [0.1, 0.15) is 0 Å². The van der Waals surface area contributed by atoms with Crippen LogP contribution in [-0.4, -0.2) is 23.2 Å². The van der Waals surface area contributed by atoms with Crippen LogP contribution in [0.4, 0.5) is 0 Å². The van der Waals surface area contributed by atoms with Gasteiger partial charge in [0.25, 0.3) is 0 Å². The molecule has 1 aromatic carbocycles. The predicted octanol–water partition coefficient (Wildman–Crippen LogP) is 1.99. The first-order valence-corrected chi connectivity index (χ1v) is 8.35. The van der Waals surface area contributed by atoms with Crippen molar-refractivity contribution in [1.82, 2.24) is 0 Å². The third kappa shape index (κ3) is 4.82. The summed E-state index contributed by atoms with van der Waals surface area (Å²) in [4.78, 5) is 11.8. The summed E-state index contributed by atoms with van der Waals surface area (Å²) in [6.07, 6.45) is 5.91. The smallest absolute Gasteiger partial charge is 0.220 e. The number of carbonyl (C=O) groups excluding carboxylic acids is 1. The number of carbonyl (C=O) groups is 1. The van der Waals surface area contributed by atoms with Gasteiger partial charge in [0, 0.05) is 12.0 Å². The van der Waals surface area contributed by atoms with Gasteiger partial charge < -0.3 is 16.6 Å². The molecule has 1 amide bonds. The number of primary amides is 1. The van der Waals surface area contributed by atoms with E-state index in [1.165, 1.54) is 6.42 Å². The highest BCUT2D eigenvalue weighted by atomic mass is 16.3. The number of amides is 1. The van der Waals surface area contributed by atoms with Gasteiger partial charge >= 0.3 is 0 Å². The Morgan fingerprint density at radius 3 is 2.41 bits per heavy atom. The predicted molar refractivity (Wildman–Crippen MR) is 88.0 cm³/mol. The molecule has 5 N–H and O–H groups in total. The van der Waals surface area contributed by atoms with E-state index >= 15 is 0 Å². The van der Waals surface area contributed by atoms with E-state index in [0.29, 0.717) is 18.8 Å². The maximum absolute atomic E-state index is 11.8. The van der Waals surface area contributed by atoms with Crippen molar-refractivity contribution in [2.45, 2.75) is 57.1 Å². The van der Waals surface area contributed by atoms with Gasteiger partial charge in [0.15, 0.2) is 0 Å². The fraction of sp³-hybridized carbons (Fsp3) is 0.611.